The number of para-hydroxylation sites is 1. The first kappa shape index (κ1) is 17.8. The summed E-state index contributed by atoms with van der Waals surface area (Å²) in [4.78, 5) is 10.6. The van der Waals surface area contributed by atoms with E-state index in [1.54, 1.807) is 0 Å². The average molecular weight is 361 g/mol. The molecule has 3 heterocycles. The van der Waals surface area contributed by atoms with Crippen molar-refractivity contribution in [2.75, 3.05) is 20.6 Å². The molecular weight excluding hydrogens is 332 g/mol. The molecule has 1 atom stereocenters. The highest BCUT2D eigenvalue weighted by molar-refractivity contribution is 5.89. The summed E-state index contributed by atoms with van der Waals surface area (Å²) in [6, 6.07) is 14.8. The minimum absolute atomic E-state index is 0.112. The van der Waals surface area contributed by atoms with E-state index in [2.05, 4.69) is 83.7 Å². The van der Waals surface area contributed by atoms with Crippen LogP contribution in [-0.4, -0.2) is 35.5 Å². The monoisotopic (exact) mass is 360 g/mol. The largest absolute Gasteiger partial charge is 0.383 e. The number of nitrogens with one attached hydrogen (secondary N) is 2. The van der Waals surface area contributed by atoms with Gasteiger partial charge in [0.25, 0.3) is 0 Å². The Morgan fingerprint density at radius 2 is 1.96 bits per heavy atom. The van der Waals surface area contributed by atoms with Crippen molar-refractivity contribution in [3.8, 4) is 0 Å². The van der Waals surface area contributed by atoms with Crippen LogP contribution in [-0.2, 0) is 12.0 Å². The van der Waals surface area contributed by atoms with Crippen LogP contribution < -0.4 is 5.32 Å². The molecule has 0 saturated carbocycles. The second-order valence-corrected chi connectivity index (χ2v) is 7.52. The SMILES string of the molecule is CCC(CC=C1NCCc2c1[nH]c1ccccc21)(c1ccccn1)N(C)C. The van der Waals surface area contributed by atoms with Crippen LogP contribution in [0.5, 0.6) is 0 Å². The van der Waals surface area contributed by atoms with Crippen LogP contribution in [0.3, 0.4) is 0 Å². The number of aromatic amines is 1. The predicted molar refractivity (Wildman–Crippen MR) is 112 cm³/mol. The highest BCUT2D eigenvalue weighted by Crippen LogP contribution is 2.35. The Morgan fingerprint density at radius 1 is 1.15 bits per heavy atom. The average Bonchev–Trinajstić information content (AvgIpc) is 3.09. The van der Waals surface area contributed by atoms with Gasteiger partial charge in [-0.1, -0.05) is 37.3 Å². The standard InChI is InChI=1S/C23H28N4/c1-4-23(27(2)3,21-11-7-8-15-25-21)14-12-20-22-18(13-16-24-20)17-9-5-6-10-19(17)26-22/h5-12,15,24,26H,4,13-14,16H2,1-3H3. The molecule has 3 aromatic rings. The first-order valence-corrected chi connectivity index (χ1v) is 9.78. The summed E-state index contributed by atoms with van der Waals surface area (Å²) in [5, 5.41) is 4.96. The molecule has 140 valence electrons. The van der Waals surface area contributed by atoms with Gasteiger partial charge in [-0.2, -0.15) is 0 Å². The quantitative estimate of drug-likeness (QED) is 0.713. The van der Waals surface area contributed by atoms with E-state index in [4.69, 9.17) is 0 Å². The van der Waals surface area contributed by atoms with Crippen molar-refractivity contribution >= 4 is 16.6 Å². The second-order valence-electron chi connectivity index (χ2n) is 7.52. The van der Waals surface area contributed by atoms with Gasteiger partial charge >= 0.3 is 0 Å². The molecule has 0 amide bonds. The van der Waals surface area contributed by atoms with Gasteiger partial charge in [0.15, 0.2) is 0 Å². The molecule has 0 saturated heterocycles. The fourth-order valence-corrected chi connectivity index (χ4v) is 4.34. The number of H-pyrrole nitrogens is 1. The maximum Gasteiger partial charge on any atom is 0.0661 e. The summed E-state index contributed by atoms with van der Waals surface area (Å²) in [5.41, 5.74) is 6.12. The lowest BCUT2D eigenvalue weighted by Crippen LogP contribution is -2.41. The molecule has 1 aromatic carbocycles. The van der Waals surface area contributed by atoms with E-state index in [1.165, 1.54) is 27.9 Å². The van der Waals surface area contributed by atoms with E-state index in [9.17, 15) is 0 Å². The van der Waals surface area contributed by atoms with Gasteiger partial charge in [0.2, 0.25) is 0 Å². The number of hydrogen-bond donors (Lipinski definition) is 2. The van der Waals surface area contributed by atoms with Crippen LogP contribution in [0, 0.1) is 0 Å². The first-order valence-electron chi connectivity index (χ1n) is 9.78. The Kier molecular flexibility index (Phi) is 4.75. The van der Waals surface area contributed by atoms with Crippen molar-refractivity contribution in [1.82, 2.24) is 20.2 Å². The Labute approximate surface area is 161 Å². The van der Waals surface area contributed by atoms with Gasteiger partial charge in [0.1, 0.15) is 0 Å². The third-order valence-electron chi connectivity index (χ3n) is 6.00. The second kappa shape index (κ2) is 7.20. The molecule has 0 spiro atoms. The number of fused-ring (bicyclic) bond motifs is 3. The van der Waals surface area contributed by atoms with E-state index in [0.717, 1.165) is 31.5 Å². The van der Waals surface area contributed by atoms with E-state index >= 15 is 0 Å². The lowest BCUT2D eigenvalue weighted by molar-refractivity contribution is 0.142. The van der Waals surface area contributed by atoms with Gasteiger partial charge in [0.05, 0.1) is 22.6 Å². The summed E-state index contributed by atoms with van der Waals surface area (Å²) >= 11 is 0. The molecule has 27 heavy (non-hydrogen) atoms. The van der Waals surface area contributed by atoms with Gasteiger partial charge in [0, 0.05) is 23.6 Å². The van der Waals surface area contributed by atoms with Crippen LogP contribution in [0.4, 0.5) is 0 Å². The molecule has 1 aliphatic rings. The Balaban J connectivity index is 1.74. The lowest BCUT2D eigenvalue weighted by atomic mass is 9.85. The molecule has 4 heteroatoms. The molecular formula is C23H28N4. The number of aromatic nitrogens is 2. The zero-order chi connectivity index (χ0) is 18.9. The zero-order valence-corrected chi connectivity index (χ0v) is 16.4. The van der Waals surface area contributed by atoms with Gasteiger partial charge in [-0.05, 0) is 57.1 Å². The lowest BCUT2D eigenvalue weighted by Gasteiger charge is -2.38. The molecule has 2 aromatic heterocycles. The number of nitrogens with zero attached hydrogens (tertiary/aromatic N) is 2. The normalized spacial score (nSPS) is 17.7. The van der Waals surface area contributed by atoms with Gasteiger partial charge < -0.3 is 10.3 Å². The summed E-state index contributed by atoms with van der Waals surface area (Å²) in [6.45, 7) is 3.22. The minimum Gasteiger partial charge on any atom is -0.383 e. The van der Waals surface area contributed by atoms with E-state index in [1.807, 2.05) is 12.3 Å². The minimum atomic E-state index is -0.112. The van der Waals surface area contributed by atoms with Crippen LogP contribution in [0.15, 0.2) is 54.7 Å². The van der Waals surface area contributed by atoms with Gasteiger partial charge in [-0.25, -0.2) is 0 Å². The summed E-state index contributed by atoms with van der Waals surface area (Å²) in [5.74, 6) is 0. The summed E-state index contributed by atoms with van der Waals surface area (Å²) in [7, 11) is 4.30. The third-order valence-corrected chi connectivity index (χ3v) is 6.00. The van der Waals surface area contributed by atoms with Crippen LogP contribution in [0.2, 0.25) is 0 Å². The van der Waals surface area contributed by atoms with Crippen LogP contribution in [0.25, 0.3) is 16.6 Å². The van der Waals surface area contributed by atoms with E-state index in [0.29, 0.717) is 0 Å². The molecule has 4 rings (SSSR count). The van der Waals surface area contributed by atoms with Crippen LogP contribution >= 0.6 is 0 Å². The number of benzene rings is 1. The van der Waals surface area contributed by atoms with Crippen molar-refractivity contribution in [3.63, 3.8) is 0 Å². The highest BCUT2D eigenvalue weighted by atomic mass is 15.2. The fourth-order valence-electron chi connectivity index (χ4n) is 4.34. The van der Waals surface area contributed by atoms with Crippen molar-refractivity contribution in [2.24, 2.45) is 0 Å². The van der Waals surface area contributed by atoms with Crippen LogP contribution in [0.1, 0.15) is 36.7 Å². The maximum atomic E-state index is 4.69. The maximum absolute atomic E-state index is 4.69. The predicted octanol–water partition coefficient (Wildman–Crippen LogP) is 4.31. The molecule has 2 N–H and O–H groups in total. The molecule has 1 unspecified atom stereocenters. The molecule has 1 aliphatic heterocycles. The summed E-state index contributed by atoms with van der Waals surface area (Å²) < 4.78 is 0. The van der Waals surface area contributed by atoms with Gasteiger partial charge in [-0.3, -0.25) is 9.88 Å². The number of rotatable bonds is 5. The molecule has 4 nitrogen and oxygen atoms in total. The van der Waals surface area contributed by atoms with Gasteiger partial charge in [-0.15, -0.1) is 0 Å². The molecule has 0 fully saturated rings. The Bertz CT molecular complexity index is 955. The van der Waals surface area contributed by atoms with Crippen molar-refractivity contribution in [1.29, 1.82) is 0 Å². The first-order chi connectivity index (χ1) is 13.2. The van der Waals surface area contributed by atoms with Crippen molar-refractivity contribution in [3.05, 3.63) is 71.7 Å². The van der Waals surface area contributed by atoms with E-state index < -0.39 is 0 Å². The van der Waals surface area contributed by atoms with E-state index in [-0.39, 0.29) is 5.54 Å². The summed E-state index contributed by atoms with van der Waals surface area (Å²) in [6.07, 6.45) is 7.21. The zero-order valence-electron chi connectivity index (χ0n) is 16.4. The smallest absolute Gasteiger partial charge is 0.0661 e. The number of hydrogen-bond acceptors (Lipinski definition) is 3. The van der Waals surface area contributed by atoms with Crippen molar-refractivity contribution in [2.45, 2.75) is 31.7 Å². The Morgan fingerprint density at radius 3 is 2.70 bits per heavy atom. The molecule has 0 radical (unpaired) electrons. The Hall–Kier alpha value is -2.59. The highest BCUT2D eigenvalue weighted by Gasteiger charge is 2.33. The molecule has 0 aliphatic carbocycles. The fraction of sp³-hybridized carbons (Fsp3) is 0.348. The van der Waals surface area contributed by atoms with Crippen molar-refractivity contribution < 1.29 is 0 Å². The molecule has 0 bridgehead atoms. The number of pyridine rings is 1. The third kappa shape index (κ3) is 3.04. The topological polar surface area (TPSA) is 44.0 Å².